The van der Waals surface area contributed by atoms with Crippen LogP contribution in [0.5, 0.6) is 0 Å². The number of hydrogen-bond acceptors (Lipinski definition) is 3. The van der Waals surface area contributed by atoms with Gasteiger partial charge in [-0.15, -0.1) is 0 Å². The van der Waals surface area contributed by atoms with Crippen molar-refractivity contribution in [2.75, 3.05) is 6.61 Å². The molecule has 0 amide bonds. The van der Waals surface area contributed by atoms with Gasteiger partial charge in [-0.2, -0.15) is 0 Å². The lowest BCUT2D eigenvalue weighted by molar-refractivity contribution is 0.280. The van der Waals surface area contributed by atoms with Gasteiger partial charge in [0, 0.05) is 29.7 Å². The van der Waals surface area contributed by atoms with Gasteiger partial charge in [0.25, 0.3) is 0 Å². The van der Waals surface area contributed by atoms with Crippen LogP contribution < -0.4 is 0 Å². The van der Waals surface area contributed by atoms with Crippen molar-refractivity contribution < 1.29 is 9.52 Å². The standard InChI is InChI=1S/C20H18N2O2/c23-11-4-10-22-14-21-19(15-5-2-1-3-6-15)20(22)17-7-8-18-16(13-17)9-12-24-18/h1-3,5-9,12-14,23H,4,10-11H2. The molecule has 0 fully saturated rings. The Balaban J connectivity index is 1.88. The molecule has 0 aliphatic rings. The second-order valence-corrected chi connectivity index (χ2v) is 5.75. The van der Waals surface area contributed by atoms with Crippen molar-refractivity contribution in [3.8, 4) is 22.5 Å². The van der Waals surface area contributed by atoms with Crippen molar-refractivity contribution in [3.05, 3.63) is 67.2 Å². The van der Waals surface area contributed by atoms with Crippen molar-refractivity contribution in [1.82, 2.24) is 9.55 Å². The van der Waals surface area contributed by atoms with Crippen LogP contribution >= 0.6 is 0 Å². The second-order valence-electron chi connectivity index (χ2n) is 5.75. The predicted molar refractivity (Wildman–Crippen MR) is 94.6 cm³/mol. The summed E-state index contributed by atoms with van der Waals surface area (Å²) in [5, 5.41) is 10.3. The zero-order valence-electron chi connectivity index (χ0n) is 13.2. The molecule has 0 atom stereocenters. The molecule has 0 unspecified atom stereocenters. The first-order valence-electron chi connectivity index (χ1n) is 8.06. The van der Waals surface area contributed by atoms with Crippen molar-refractivity contribution in [2.24, 2.45) is 0 Å². The average Bonchev–Trinajstić information content (AvgIpc) is 3.26. The van der Waals surface area contributed by atoms with Gasteiger partial charge in [-0.1, -0.05) is 30.3 Å². The number of benzene rings is 2. The third-order valence-corrected chi connectivity index (χ3v) is 4.17. The van der Waals surface area contributed by atoms with Gasteiger partial charge in [-0.25, -0.2) is 4.98 Å². The zero-order chi connectivity index (χ0) is 16.4. The third kappa shape index (κ3) is 2.61. The maximum Gasteiger partial charge on any atom is 0.133 e. The normalized spacial score (nSPS) is 11.2. The van der Waals surface area contributed by atoms with E-state index in [1.165, 1.54) is 0 Å². The molecule has 0 aliphatic heterocycles. The molecule has 0 radical (unpaired) electrons. The summed E-state index contributed by atoms with van der Waals surface area (Å²) in [6, 6.07) is 18.3. The number of aryl methyl sites for hydroxylation is 1. The van der Waals surface area contributed by atoms with Gasteiger partial charge in [-0.3, -0.25) is 0 Å². The van der Waals surface area contributed by atoms with E-state index in [9.17, 15) is 5.11 Å². The summed E-state index contributed by atoms with van der Waals surface area (Å²) in [7, 11) is 0. The predicted octanol–water partition coefficient (Wildman–Crippen LogP) is 4.35. The molecule has 0 bridgehead atoms. The monoisotopic (exact) mass is 318 g/mol. The van der Waals surface area contributed by atoms with Crippen LogP contribution in [-0.4, -0.2) is 21.3 Å². The van der Waals surface area contributed by atoms with Crippen LogP contribution in [0.3, 0.4) is 0 Å². The molecule has 0 aliphatic carbocycles. The molecule has 0 spiro atoms. The highest BCUT2D eigenvalue weighted by Gasteiger charge is 2.15. The van der Waals surface area contributed by atoms with Crippen LogP contribution in [0.25, 0.3) is 33.5 Å². The summed E-state index contributed by atoms with van der Waals surface area (Å²) in [5.41, 5.74) is 5.08. The molecule has 120 valence electrons. The Kier molecular flexibility index (Phi) is 3.89. The zero-order valence-corrected chi connectivity index (χ0v) is 13.2. The van der Waals surface area contributed by atoms with E-state index in [0.29, 0.717) is 6.42 Å². The topological polar surface area (TPSA) is 51.2 Å². The Morgan fingerprint density at radius 1 is 1.00 bits per heavy atom. The number of aliphatic hydroxyl groups excluding tert-OH is 1. The Labute approximate surface area is 140 Å². The maximum absolute atomic E-state index is 9.18. The van der Waals surface area contributed by atoms with Crippen LogP contribution in [0.15, 0.2) is 71.6 Å². The molecular formula is C20H18N2O2. The summed E-state index contributed by atoms with van der Waals surface area (Å²) in [4.78, 5) is 4.64. The molecule has 4 rings (SSSR count). The number of rotatable bonds is 5. The lowest BCUT2D eigenvalue weighted by Crippen LogP contribution is -2.01. The van der Waals surface area contributed by atoms with Gasteiger partial charge in [0.1, 0.15) is 5.58 Å². The molecule has 0 saturated heterocycles. The third-order valence-electron chi connectivity index (χ3n) is 4.17. The lowest BCUT2D eigenvalue weighted by Gasteiger charge is -2.10. The molecule has 4 aromatic rings. The number of aromatic nitrogens is 2. The molecule has 0 saturated carbocycles. The van der Waals surface area contributed by atoms with Gasteiger partial charge >= 0.3 is 0 Å². The van der Waals surface area contributed by atoms with Crippen molar-refractivity contribution >= 4 is 11.0 Å². The molecule has 4 heteroatoms. The summed E-state index contributed by atoms with van der Waals surface area (Å²) in [5.74, 6) is 0. The molecular weight excluding hydrogens is 300 g/mol. The van der Waals surface area contributed by atoms with E-state index in [0.717, 1.165) is 40.0 Å². The number of fused-ring (bicyclic) bond motifs is 1. The second kappa shape index (κ2) is 6.34. The number of nitrogens with zero attached hydrogens (tertiary/aromatic N) is 2. The number of hydrogen-bond donors (Lipinski definition) is 1. The van der Waals surface area contributed by atoms with Crippen LogP contribution in [0, 0.1) is 0 Å². The maximum atomic E-state index is 9.18. The first-order chi connectivity index (χ1) is 11.9. The van der Waals surface area contributed by atoms with Gasteiger partial charge in [-0.05, 0) is 30.7 Å². The minimum atomic E-state index is 0.166. The minimum Gasteiger partial charge on any atom is -0.464 e. The van der Waals surface area contributed by atoms with E-state index in [1.807, 2.05) is 36.7 Å². The molecule has 2 aromatic heterocycles. The molecule has 4 nitrogen and oxygen atoms in total. The molecule has 1 N–H and O–H groups in total. The summed E-state index contributed by atoms with van der Waals surface area (Å²) in [6.07, 6.45) is 4.26. The Morgan fingerprint density at radius 3 is 2.71 bits per heavy atom. The van der Waals surface area contributed by atoms with Crippen LogP contribution in [0.1, 0.15) is 6.42 Å². The van der Waals surface area contributed by atoms with E-state index in [-0.39, 0.29) is 6.61 Å². The molecule has 2 heterocycles. The van der Waals surface area contributed by atoms with Crippen LogP contribution in [0.2, 0.25) is 0 Å². The fraction of sp³-hybridized carbons (Fsp3) is 0.150. The Bertz CT molecular complexity index is 954. The fourth-order valence-electron chi connectivity index (χ4n) is 3.02. The van der Waals surface area contributed by atoms with Crippen LogP contribution in [-0.2, 0) is 6.54 Å². The highest BCUT2D eigenvalue weighted by molar-refractivity contribution is 5.86. The highest BCUT2D eigenvalue weighted by Crippen LogP contribution is 2.33. The summed E-state index contributed by atoms with van der Waals surface area (Å²) < 4.78 is 7.56. The lowest BCUT2D eigenvalue weighted by atomic mass is 10.0. The van der Waals surface area contributed by atoms with Gasteiger partial charge < -0.3 is 14.1 Å². The van der Waals surface area contributed by atoms with E-state index < -0.39 is 0 Å². The average molecular weight is 318 g/mol. The SMILES string of the molecule is OCCCn1cnc(-c2ccccc2)c1-c1ccc2occc2c1. The van der Waals surface area contributed by atoms with Crippen molar-refractivity contribution in [1.29, 1.82) is 0 Å². The van der Waals surface area contributed by atoms with Crippen molar-refractivity contribution in [2.45, 2.75) is 13.0 Å². The molecule has 2 aromatic carbocycles. The summed E-state index contributed by atoms with van der Waals surface area (Å²) >= 11 is 0. The largest absolute Gasteiger partial charge is 0.464 e. The first-order valence-corrected chi connectivity index (χ1v) is 8.06. The smallest absolute Gasteiger partial charge is 0.133 e. The fourth-order valence-corrected chi connectivity index (χ4v) is 3.02. The van der Waals surface area contributed by atoms with E-state index in [1.54, 1.807) is 6.26 Å². The van der Waals surface area contributed by atoms with Crippen LogP contribution in [0.4, 0.5) is 0 Å². The summed E-state index contributed by atoms with van der Waals surface area (Å²) in [6.45, 7) is 0.897. The Morgan fingerprint density at radius 2 is 1.88 bits per heavy atom. The number of furan rings is 1. The van der Waals surface area contributed by atoms with Gasteiger partial charge in [0.2, 0.25) is 0 Å². The Hall–Kier alpha value is -2.85. The van der Waals surface area contributed by atoms with E-state index in [4.69, 9.17) is 4.42 Å². The number of aliphatic hydroxyl groups is 1. The van der Waals surface area contributed by atoms with Gasteiger partial charge in [0.05, 0.1) is 24.0 Å². The van der Waals surface area contributed by atoms with Gasteiger partial charge in [0.15, 0.2) is 0 Å². The number of imidazole rings is 1. The van der Waals surface area contributed by atoms with E-state index in [2.05, 4.69) is 33.8 Å². The van der Waals surface area contributed by atoms with E-state index >= 15 is 0 Å². The minimum absolute atomic E-state index is 0.166. The highest BCUT2D eigenvalue weighted by atomic mass is 16.3. The van der Waals surface area contributed by atoms with Crippen molar-refractivity contribution in [3.63, 3.8) is 0 Å². The molecule has 24 heavy (non-hydrogen) atoms. The first kappa shape index (κ1) is 14.7. The quantitative estimate of drug-likeness (QED) is 0.595.